The molecular weight excluding hydrogens is 344 g/mol. The van der Waals surface area contributed by atoms with Crippen LogP contribution in [-0.2, 0) is 24.3 Å². The minimum atomic E-state index is -0.504. The normalized spacial score (nSPS) is 11.1. The van der Waals surface area contributed by atoms with Crippen LogP contribution in [0, 0.1) is 0 Å². The zero-order chi connectivity index (χ0) is 19.4. The maximum absolute atomic E-state index is 13.0. The van der Waals surface area contributed by atoms with Crippen LogP contribution in [0.3, 0.4) is 0 Å². The highest BCUT2D eigenvalue weighted by Gasteiger charge is 2.16. The first-order valence-electron chi connectivity index (χ1n) is 8.89. The molecule has 3 aromatic rings. The van der Waals surface area contributed by atoms with Gasteiger partial charge >= 0.3 is 5.69 Å². The van der Waals surface area contributed by atoms with Crippen molar-refractivity contribution in [3.8, 4) is 0 Å². The number of hydrogen-bond donors (Lipinski definition) is 1. The molecule has 0 unspecified atom stereocenters. The fourth-order valence-electron chi connectivity index (χ4n) is 2.99. The molecule has 0 aliphatic carbocycles. The third kappa shape index (κ3) is 4.13. The predicted octanol–water partition coefficient (Wildman–Crippen LogP) is 1.33. The van der Waals surface area contributed by atoms with Crippen molar-refractivity contribution in [3.63, 3.8) is 0 Å². The van der Waals surface area contributed by atoms with Crippen LogP contribution < -0.4 is 16.6 Å². The Hall–Kier alpha value is -3.22. The molecule has 1 aromatic carbocycles. The summed E-state index contributed by atoms with van der Waals surface area (Å²) >= 11 is 0. The molecule has 0 aliphatic heterocycles. The third-order valence-electron chi connectivity index (χ3n) is 4.21. The first-order chi connectivity index (χ1) is 13.0. The number of aromatic nitrogens is 3. The summed E-state index contributed by atoms with van der Waals surface area (Å²) in [5, 5.41) is 2.77. The van der Waals surface area contributed by atoms with Gasteiger partial charge in [-0.15, -0.1) is 0 Å². The lowest BCUT2D eigenvalue weighted by atomic mass is 10.1. The molecule has 1 N–H and O–H groups in total. The van der Waals surface area contributed by atoms with Gasteiger partial charge in [0, 0.05) is 18.8 Å². The summed E-state index contributed by atoms with van der Waals surface area (Å²) in [4.78, 5) is 42.1. The van der Waals surface area contributed by atoms with E-state index in [0.717, 1.165) is 10.1 Å². The standard InChI is InChI=1S/C20H22N4O3/c1-14(2)22-17(25)13-24-16-9-6-11-21-18(16)19(26)23(20(24)27)12-10-15-7-4-3-5-8-15/h3-9,11,14H,10,12-13H2,1-2H3,(H,22,25). The van der Waals surface area contributed by atoms with Crippen LogP contribution in [0.2, 0.25) is 0 Å². The van der Waals surface area contributed by atoms with Crippen molar-refractivity contribution >= 4 is 16.9 Å². The van der Waals surface area contributed by atoms with Gasteiger partial charge in [-0.1, -0.05) is 30.3 Å². The van der Waals surface area contributed by atoms with E-state index in [9.17, 15) is 14.4 Å². The zero-order valence-corrected chi connectivity index (χ0v) is 15.4. The first kappa shape index (κ1) is 18.6. The van der Waals surface area contributed by atoms with Crippen molar-refractivity contribution in [1.29, 1.82) is 0 Å². The maximum Gasteiger partial charge on any atom is 0.332 e. The molecular formula is C20H22N4O3. The number of hydrogen-bond acceptors (Lipinski definition) is 4. The van der Waals surface area contributed by atoms with Crippen LogP contribution in [0.25, 0.3) is 11.0 Å². The summed E-state index contributed by atoms with van der Waals surface area (Å²) in [6, 6.07) is 12.9. The molecule has 7 heteroatoms. The van der Waals surface area contributed by atoms with E-state index in [2.05, 4.69) is 10.3 Å². The molecule has 2 aromatic heterocycles. The van der Waals surface area contributed by atoms with E-state index in [1.54, 1.807) is 12.1 Å². The number of amides is 1. The van der Waals surface area contributed by atoms with E-state index in [4.69, 9.17) is 0 Å². The van der Waals surface area contributed by atoms with Crippen LogP contribution in [0.4, 0.5) is 0 Å². The maximum atomic E-state index is 13.0. The van der Waals surface area contributed by atoms with Crippen LogP contribution in [0.5, 0.6) is 0 Å². The summed E-state index contributed by atoms with van der Waals surface area (Å²) in [5.41, 5.74) is 0.626. The van der Waals surface area contributed by atoms with Gasteiger partial charge in [0.05, 0.1) is 5.52 Å². The van der Waals surface area contributed by atoms with E-state index >= 15 is 0 Å². The van der Waals surface area contributed by atoms with E-state index < -0.39 is 11.2 Å². The lowest BCUT2D eigenvalue weighted by molar-refractivity contribution is -0.122. The molecule has 0 radical (unpaired) electrons. The SMILES string of the molecule is CC(C)NC(=O)Cn1c(=O)n(CCc2ccccc2)c(=O)c2ncccc21. The van der Waals surface area contributed by atoms with Crippen LogP contribution in [0.15, 0.2) is 58.3 Å². The predicted molar refractivity (Wildman–Crippen MR) is 104 cm³/mol. The van der Waals surface area contributed by atoms with Crippen LogP contribution in [0.1, 0.15) is 19.4 Å². The van der Waals surface area contributed by atoms with Crippen LogP contribution >= 0.6 is 0 Å². The van der Waals surface area contributed by atoms with E-state index in [-0.39, 0.29) is 30.6 Å². The fourth-order valence-corrected chi connectivity index (χ4v) is 2.99. The minimum Gasteiger partial charge on any atom is -0.352 e. The van der Waals surface area contributed by atoms with Crippen molar-refractivity contribution in [2.75, 3.05) is 0 Å². The van der Waals surface area contributed by atoms with Gasteiger partial charge in [-0.25, -0.2) is 9.78 Å². The van der Waals surface area contributed by atoms with Crippen molar-refractivity contribution in [3.05, 3.63) is 75.1 Å². The molecule has 1 amide bonds. The van der Waals surface area contributed by atoms with Gasteiger partial charge in [0.15, 0.2) is 5.52 Å². The van der Waals surface area contributed by atoms with E-state index in [1.165, 1.54) is 10.8 Å². The number of carbonyl (C=O) groups is 1. The molecule has 3 rings (SSSR count). The fraction of sp³-hybridized carbons (Fsp3) is 0.300. The molecule has 0 aliphatic rings. The molecule has 0 saturated carbocycles. The highest BCUT2D eigenvalue weighted by molar-refractivity contribution is 5.79. The Morgan fingerprint density at radius 1 is 1.07 bits per heavy atom. The number of carbonyl (C=O) groups excluding carboxylic acids is 1. The first-order valence-corrected chi connectivity index (χ1v) is 8.89. The summed E-state index contributed by atoms with van der Waals surface area (Å²) in [7, 11) is 0. The van der Waals surface area contributed by atoms with Gasteiger partial charge in [0.25, 0.3) is 5.56 Å². The summed E-state index contributed by atoms with van der Waals surface area (Å²) in [5.74, 6) is -0.287. The number of pyridine rings is 1. The van der Waals surface area contributed by atoms with Gasteiger partial charge < -0.3 is 5.32 Å². The Balaban J connectivity index is 2.04. The Labute approximate surface area is 156 Å². The van der Waals surface area contributed by atoms with Crippen molar-refractivity contribution < 1.29 is 4.79 Å². The van der Waals surface area contributed by atoms with Gasteiger partial charge in [0.2, 0.25) is 5.91 Å². The molecule has 2 heterocycles. The molecule has 140 valence electrons. The highest BCUT2D eigenvalue weighted by atomic mass is 16.2. The molecule has 0 atom stereocenters. The quantitative estimate of drug-likeness (QED) is 0.713. The summed E-state index contributed by atoms with van der Waals surface area (Å²) in [6.45, 7) is 3.76. The second kappa shape index (κ2) is 7.99. The van der Waals surface area contributed by atoms with Gasteiger partial charge in [-0.3, -0.25) is 18.7 Å². The number of benzene rings is 1. The second-order valence-corrected chi connectivity index (χ2v) is 6.65. The Morgan fingerprint density at radius 3 is 2.52 bits per heavy atom. The minimum absolute atomic E-state index is 0.0402. The lowest BCUT2D eigenvalue weighted by Crippen LogP contribution is -2.44. The van der Waals surface area contributed by atoms with Crippen molar-refractivity contribution in [2.24, 2.45) is 0 Å². The monoisotopic (exact) mass is 366 g/mol. The molecule has 0 saturated heterocycles. The van der Waals surface area contributed by atoms with E-state index in [0.29, 0.717) is 11.9 Å². The average Bonchev–Trinajstić information content (AvgIpc) is 2.65. The number of fused-ring (bicyclic) bond motifs is 1. The van der Waals surface area contributed by atoms with Gasteiger partial charge in [-0.2, -0.15) is 0 Å². The molecule has 0 spiro atoms. The Morgan fingerprint density at radius 2 is 1.81 bits per heavy atom. The second-order valence-electron chi connectivity index (χ2n) is 6.65. The van der Waals surface area contributed by atoms with Crippen LogP contribution in [-0.4, -0.2) is 26.1 Å². The molecule has 0 bridgehead atoms. The topological polar surface area (TPSA) is 86.0 Å². The van der Waals surface area contributed by atoms with Crippen molar-refractivity contribution in [2.45, 2.75) is 39.4 Å². The number of nitrogens with one attached hydrogen (secondary N) is 1. The molecule has 0 fully saturated rings. The number of nitrogens with zero attached hydrogens (tertiary/aromatic N) is 3. The lowest BCUT2D eigenvalue weighted by Gasteiger charge is -2.14. The summed E-state index contributed by atoms with van der Waals surface area (Å²) < 4.78 is 2.47. The van der Waals surface area contributed by atoms with Gasteiger partial charge in [-0.05, 0) is 38.0 Å². The van der Waals surface area contributed by atoms with Gasteiger partial charge in [0.1, 0.15) is 6.54 Å². The third-order valence-corrected chi connectivity index (χ3v) is 4.21. The Kier molecular flexibility index (Phi) is 5.49. The molecule has 7 nitrogen and oxygen atoms in total. The highest BCUT2D eigenvalue weighted by Crippen LogP contribution is 2.06. The largest absolute Gasteiger partial charge is 0.352 e. The smallest absolute Gasteiger partial charge is 0.332 e. The zero-order valence-electron chi connectivity index (χ0n) is 15.4. The molecule has 27 heavy (non-hydrogen) atoms. The number of rotatable bonds is 6. The Bertz CT molecular complexity index is 1070. The summed E-state index contributed by atoms with van der Waals surface area (Å²) in [6.07, 6.45) is 2.04. The number of aryl methyl sites for hydroxylation is 1. The average molecular weight is 366 g/mol. The van der Waals surface area contributed by atoms with Crippen molar-refractivity contribution in [1.82, 2.24) is 19.4 Å². The van der Waals surface area contributed by atoms with E-state index in [1.807, 2.05) is 44.2 Å².